The van der Waals surface area contributed by atoms with Crippen LogP contribution in [-0.2, 0) is 30.4 Å². The second-order valence-electron chi connectivity index (χ2n) is 32.7. The number of hydrogen-bond donors (Lipinski definition) is 9. The summed E-state index contributed by atoms with van der Waals surface area (Å²) in [6, 6.07) is 93.7. The van der Waals surface area contributed by atoms with Crippen molar-refractivity contribution in [2.75, 3.05) is 49.6 Å². The molecule has 29 heteroatoms. The number of aromatic nitrogens is 11. The molecule has 0 aliphatic heterocycles. The number of ketones is 1. The number of carbonyl (C=O) groups excluding carboxylic acids is 6. The third-order valence-corrected chi connectivity index (χ3v) is 22.7. The van der Waals surface area contributed by atoms with Gasteiger partial charge in [-0.25, -0.2) is 33.9 Å². The normalized spacial score (nSPS) is 10.7. The number of hydrogen-bond acceptors (Lipinski definition) is 23. The molecule has 0 saturated carbocycles. The molecule has 0 aliphatic rings. The smallest absolute Gasteiger partial charge is 0.337 e. The number of pyridine rings is 11. The number of carboxylic acids is 1. The van der Waals surface area contributed by atoms with Crippen molar-refractivity contribution in [3.8, 4) is 0 Å². The van der Waals surface area contributed by atoms with E-state index < -0.39 is 11.9 Å². The highest BCUT2D eigenvalue weighted by molar-refractivity contribution is 6.08. The Morgan fingerprint density at radius 1 is 0.273 bits per heavy atom. The lowest BCUT2D eigenvalue weighted by Crippen LogP contribution is -2.12. The number of benzene rings is 9. The van der Waals surface area contributed by atoms with Crippen LogP contribution in [0.5, 0.6) is 0 Å². The Labute approximate surface area is 819 Å². The molecule has 28 nitrogen and oxygen atoms in total. The number of halogens is 1. The van der Waals surface area contributed by atoms with Gasteiger partial charge in [0.2, 0.25) is 0 Å². The number of Topliss-reactive ketones (excluding diaryl/α,β-unsaturated/α-hetero) is 1. The minimum Gasteiger partial charge on any atom is -0.478 e. The number of carbonyl (C=O) groups is 7. The van der Waals surface area contributed by atoms with Gasteiger partial charge in [-0.3, -0.25) is 58.9 Å². The van der Waals surface area contributed by atoms with E-state index in [4.69, 9.17) is 4.74 Å². The highest BCUT2D eigenvalue weighted by Crippen LogP contribution is 2.33. The van der Waals surface area contributed by atoms with Gasteiger partial charge in [-0.05, 0) is 308 Å². The molecular weight excluding hydrogens is 1800 g/mol. The molecule has 0 spiro atoms. The molecule has 143 heavy (non-hydrogen) atoms. The lowest BCUT2D eigenvalue weighted by Gasteiger charge is -2.11. The van der Waals surface area contributed by atoms with Crippen molar-refractivity contribution >= 4 is 154 Å². The van der Waals surface area contributed by atoms with E-state index in [0.717, 1.165) is 75.6 Å². The summed E-state index contributed by atoms with van der Waals surface area (Å²) in [6.45, 7) is 1.53. The van der Waals surface area contributed by atoms with E-state index in [1.165, 1.54) is 84.8 Å². The monoisotopic (exact) mass is 1890 g/mol. The average Bonchev–Trinajstić information content (AvgIpc) is 0.809. The predicted molar refractivity (Wildman–Crippen MR) is 553 cm³/mol. The van der Waals surface area contributed by atoms with Crippen LogP contribution in [0, 0.1) is 5.82 Å². The number of ether oxygens (including phenoxy) is 1. The third-order valence-electron chi connectivity index (χ3n) is 22.7. The van der Waals surface area contributed by atoms with Crippen molar-refractivity contribution in [1.82, 2.24) is 54.8 Å². The topological polar surface area (TPSA) is 387 Å². The fourth-order valence-electron chi connectivity index (χ4n) is 15.2. The maximum absolute atomic E-state index is 13.7. The van der Waals surface area contributed by atoms with E-state index >= 15 is 0 Å². The first-order valence-electron chi connectivity index (χ1n) is 45.1. The molecule has 11 aromatic heterocycles. The molecule has 20 aromatic rings. The minimum absolute atomic E-state index is 0.0106. The lowest BCUT2D eigenvalue weighted by atomic mass is 10.0. The summed E-state index contributed by atoms with van der Waals surface area (Å²) in [4.78, 5) is 133. The van der Waals surface area contributed by atoms with Crippen molar-refractivity contribution in [2.45, 2.75) is 32.6 Å². The van der Waals surface area contributed by atoms with Crippen LogP contribution in [0.2, 0.25) is 0 Å². The van der Waals surface area contributed by atoms with Crippen molar-refractivity contribution < 1.29 is 47.8 Å². The molecule has 0 aliphatic carbocycles. The molecule has 20 rings (SSSR count). The molecule has 0 radical (unpaired) electrons. The maximum atomic E-state index is 13.7. The van der Waals surface area contributed by atoms with Crippen molar-refractivity contribution in [1.29, 1.82) is 0 Å². The van der Waals surface area contributed by atoms with Gasteiger partial charge in [-0.1, -0.05) is 78.9 Å². The number of nitrogens with one attached hydrogen (secondary N) is 8. The van der Waals surface area contributed by atoms with Gasteiger partial charge in [0.15, 0.2) is 5.78 Å². The van der Waals surface area contributed by atoms with Crippen molar-refractivity contribution in [3.05, 3.63) is 485 Å². The molecule has 0 atom stereocenters. The second kappa shape index (κ2) is 45.8. The predicted octanol–water partition coefficient (Wildman–Crippen LogP) is 22.9. The number of amides is 4. The Morgan fingerprint density at radius 2 is 0.538 bits per heavy atom. The fourth-order valence-corrected chi connectivity index (χ4v) is 15.2. The minimum atomic E-state index is -1.01. The van der Waals surface area contributed by atoms with Gasteiger partial charge < -0.3 is 52.4 Å². The van der Waals surface area contributed by atoms with Gasteiger partial charge in [0.25, 0.3) is 23.6 Å². The number of rotatable bonds is 27. The van der Waals surface area contributed by atoms with Crippen LogP contribution in [0.4, 0.5) is 73.2 Å². The quantitative estimate of drug-likeness (QED) is 0.0170. The first-order chi connectivity index (χ1) is 69.8. The first-order valence-corrected chi connectivity index (χ1v) is 45.1. The van der Waals surface area contributed by atoms with Gasteiger partial charge in [0.1, 0.15) is 29.1 Å². The van der Waals surface area contributed by atoms with Crippen LogP contribution in [0.1, 0.15) is 124 Å². The molecule has 0 fully saturated rings. The van der Waals surface area contributed by atoms with E-state index in [2.05, 4.69) is 109 Å². The standard InChI is InChI=1S/C29H23N5O3.C29H23N5O2.C28H21FN4O.C28H21N5O3/c1-37-29(36)21-4-8-25-24(17-21)26(12-15-31-25)34-27-9-5-22(18-32-27)28(35)33-23-6-2-19(3-7-23)16-20-10-13-30-14-11-20;1-19(35)22-4-8-26-25(17-22)27(12-15-31-26)34-28-9-5-23(18-32-28)29(36)33-24-6-2-20(3-7-24)16-21-10-13-30-14-11-21;29-22-9-12-25-24(17-22)26(14-15-30-25)33-27-13-8-21(18-31-27)28(34)32-23-10-6-20(7-11-23)16-19-4-2-1-3-5-19;34-27(32-22-5-1-18(2-6-22)15-19-9-12-29-13-10-19)21-4-8-26(31-17-21)33-25-11-14-30-24-7-3-20(28(35)36)16-23(24)25/h2-15,17-18H,16H2,1H3,(H,33,35)(H,31,32,34);2-15,17-18H,16H2,1H3,(H,33,36)(H,31,32,34);1-15,17-18H,16H2,(H,32,34)(H,30,31,33);1-14,16-17H,15H2,(H,32,34)(H,35,36)(H,30,31,33). The van der Waals surface area contributed by atoms with Gasteiger partial charge in [-0.2, -0.15) is 0 Å². The molecule has 0 unspecified atom stereocenters. The van der Waals surface area contributed by atoms with Gasteiger partial charge >= 0.3 is 11.9 Å². The first kappa shape index (κ1) is 95.0. The number of nitrogens with zero attached hydrogens (tertiary/aromatic N) is 11. The Hall–Kier alpha value is -19.7. The van der Waals surface area contributed by atoms with Crippen LogP contribution in [0.25, 0.3) is 43.6 Å². The largest absolute Gasteiger partial charge is 0.478 e. The number of anilines is 12. The number of aromatic carboxylic acids is 1. The number of carboxylic acid groups (broad SMARTS) is 1. The van der Waals surface area contributed by atoms with E-state index in [1.807, 2.05) is 170 Å². The average molecular weight is 1890 g/mol. The number of esters is 1. The van der Waals surface area contributed by atoms with E-state index in [9.17, 15) is 43.1 Å². The Bertz CT molecular complexity index is 7700. The summed E-state index contributed by atoms with van der Waals surface area (Å²) < 4.78 is 18.5. The van der Waals surface area contributed by atoms with Gasteiger partial charge in [0, 0.05) is 137 Å². The third kappa shape index (κ3) is 25.7. The Balaban J connectivity index is 0.000000131. The summed E-state index contributed by atoms with van der Waals surface area (Å²) in [5.74, 6) is -0.603. The molecular formula is C114H88FN19O9. The molecule has 0 saturated heterocycles. The van der Waals surface area contributed by atoms with Crippen molar-refractivity contribution in [3.63, 3.8) is 0 Å². The summed E-state index contributed by atoms with van der Waals surface area (Å²) in [5.41, 5.74) is 20.8. The molecule has 9 N–H and O–H groups in total. The maximum Gasteiger partial charge on any atom is 0.337 e. The SMILES string of the molecule is CC(=O)c1ccc2nccc(Nc3ccc(C(=O)Nc4ccc(Cc5ccncc5)cc4)cn3)c2c1.COC(=O)c1ccc2nccc(Nc3ccc(C(=O)Nc4ccc(Cc5ccncc5)cc4)cn3)c2c1.O=C(Nc1ccc(Cc2ccccc2)cc1)c1ccc(Nc2ccnc3ccc(F)cc23)nc1.O=C(O)c1ccc2nccc(Nc3ccc(C(=O)Nc4ccc(Cc5ccncc5)cc4)cn3)c2c1. The fraction of sp³-hybridized carbons (Fsp3) is 0.0526. The highest BCUT2D eigenvalue weighted by atomic mass is 19.1. The highest BCUT2D eigenvalue weighted by Gasteiger charge is 2.19. The molecule has 9 aromatic carbocycles. The number of methoxy groups -OCH3 is 1. The molecule has 11 heterocycles. The number of fused-ring (bicyclic) bond motifs is 4. The van der Waals surface area contributed by atoms with Crippen LogP contribution in [0.3, 0.4) is 0 Å². The second-order valence-corrected chi connectivity index (χ2v) is 32.7. The van der Waals surface area contributed by atoms with Crippen LogP contribution in [-0.4, -0.2) is 108 Å². The summed E-state index contributed by atoms with van der Waals surface area (Å²) in [5, 5.41) is 36.6. The van der Waals surface area contributed by atoms with E-state index in [-0.39, 0.29) is 40.8 Å². The van der Waals surface area contributed by atoms with Gasteiger partial charge in [0.05, 0.1) is 85.3 Å². The molecule has 0 bridgehead atoms. The zero-order valence-corrected chi connectivity index (χ0v) is 76.9. The summed E-state index contributed by atoms with van der Waals surface area (Å²) in [7, 11) is 1.34. The molecule has 700 valence electrons. The van der Waals surface area contributed by atoms with Crippen LogP contribution in [0.15, 0.2) is 396 Å². The van der Waals surface area contributed by atoms with Crippen molar-refractivity contribution in [2.24, 2.45) is 0 Å². The molecule has 4 amide bonds. The Kier molecular flexibility index (Phi) is 30.4. The Morgan fingerprint density at radius 3 is 0.832 bits per heavy atom. The zero-order chi connectivity index (χ0) is 98.8. The zero-order valence-electron chi connectivity index (χ0n) is 76.9. The van der Waals surface area contributed by atoms with E-state index in [0.29, 0.717) is 113 Å². The van der Waals surface area contributed by atoms with Crippen LogP contribution >= 0.6 is 0 Å². The van der Waals surface area contributed by atoms with Gasteiger partial charge in [-0.15, -0.1) is 0 Å². The van der Waals surface area contributed by atoms with Crippen LogP contribution < -0.4 is 42.5 Å². The summed E-state index contributed by atoms with van der Waals surface area (Å²) >= 11 is 0. The lowest BCUT2D eigenvalue weighted by molar-refractivity contribution is 0.0599. The van der Waals surface area contributed by atoms with E-state index in [1.54, 1.807) is 171 Å². The summed E-state index contributed by atoms with van der Waals surface area (Å²) in [6.07, 6.45) is 26.6.